The van der Waals surface area contributed by atoms with Crippen LogP contribution in [0.25, 0.3) is 0 Å². The van der Waals surface area contributed by atoms with E-state index in [1.54, 1.807) is 12.1 Å². The normalized spacial score (nSPS) is 13.1. The molecule has 5 heteroatoms. The van der Waals surface area contributed by atoms with Gasteiger partial charge in [-0.15, -0.1) is 0 Å². The maximum atomic E-state index is 12.1. The van der Waals surface area contributed by atoms with Gasteiger partial charge in [-0.3, -0.25) is 14.9 Å². The number of nitrogens with zero attached hydrogens (tertiary/aromatic N) is 1. The van der Waals surface area contributed by atoms with Crippen LogP contribution in [0, 0.1) is 16.0 Å². The Hall–Kier alpha value is -2.69. The van der Waals surface area contributed by atoms with Crippen molar-refractivity contribution in [3.05, 3.63) is 70.3 Å². The average Bonchev–Trinajstić information content (AvgIpc) is 2.59. The lowest BCUT2D eigenvalue weighted by atomic mass is 9.89. The molecular formula is C18H20N2O3. The molecule has 2 rings (SSSR count). The summed E-state index contributed by atoms with van der Waals surface area (Å²) in [5.41, 5.74) is 1.81. The van der Waals surface area contributed by atoms with Gasteiger partial charge in [0.2, 0.25) is 0 Å². The maximum absolute atomic E-state index is 12.1. The summed E-state index contributed by atoms with van der Waals surface area (Å²) in [5.74, 6) is -0.0848. The number of benzene rings is 2. The zero-order chi connectivity index (χ0) is 16.8. The smallest absolute Gasteiger partial charge is 0.269 e. The Morgan fingerprint density at radius 2 is 1.74 bits per heavy atom. The predicted molar refractivity (Wildman–Crippen MR) is 90.4 cm³/mol. The maximum Gasteiger partial charge on any atom is 0.269 e. The molecule has 0 spiro atoms. The first-order valence-corrected chi connectivity index (χ1v) is 7.61. The molecule has 120 valence electrons. The van der Waals surface area contributed by atoms with Crippen LogP contribution < -0.4 is 5.32 Å². The van der Waals surface area contributed by atoms with Gasteiger partial charge in [0.15, 0.2) is 0 Å². The Morgan fingerprint density at radius 1 is 1.13 bits per heavy atom. The number of para-hydroxylation sites is 1. The standard InChI is InChI=1S/C18H20N2O3/c1-3-17(21)13(2)18(19-15-7-5-4-6-8-15)14-9-11-16(12-10-14)20(22)23/h4-13,18-19H,3H2,1-2H3/t13-,18+/m0/s1. The van der Waals surface area contributed by atoms with E-state index >= 15 is 0 Å². The molecule has 0 heterocycles. The van der Waals surface area contributed by atoms with Crippen LogP contribution in [0.1, 0.15) is 31.9 Å². The number of Topliss-reactive ketones (excluding diaryl/α,β-unsaturated/α-hetero) is 1. The third-order valence-electron chi connectivity index (χ3n) is 3.92. The molecule has 0 fully saturated rings. The number of carbonyl (C=O) groups is 1. The van der Waals surface area contributed by atoms with Gasteiger partial charge in [-0.1, -0.05) is 44.2 Å². The molecule has 0 aromatic heterocycles. The quantitative estimate of drug-likeness (QED) is 0.609. The van der Waals surface area contributed by atoms with Crippen LogP contribution in [-0.4, -0.2) is 10.7 Å². The van der Waals surface area contributed by atoms with Crippen molar-refractivity contribution in [2.45, 2.75) is 26.3 Å². The predicted octanol–water partition coefficient (Wildman–Crippen LogP) is 4.36. The zero-order valence-electron chi connectivity index (χ0n) is 13.2. The van der Waals surface area contributed by atoms with Crippen molar-refractivity contribution in [3.8, 4) is 0 Å². The topological polar surface area (TPSA) is 72.2 Å². The number of hydrogen-bond acceptors (Lipinski definition) is 4. The number of nitro groups is 1. The highest BCUT2D eigenvalue weighted by atomic mass is 16.6. The number of carbonyl (C=O) groups excluding carboxylic acids is 1. The summed E-state index contributed by atoms with van der Waals surface area (Å²) < 4.78 is 0. The molecule has 0 amide bonds. The highest BCUT2D eigenvalue weighted by molar-refractivity contribution is 5.81. The molecule has 23 heavy (non-hydrogen) atoms. The van der Waals surface area contributed by atoms with Crippen molar-refractivity contribution in [1.82, 2.24) is 0 Å². The summed E-state index contributed by atoms with van der Waals surface area (Å²) in [5, 5.41) is 14.2. The molecule has 0 unspecified atom stereocenters. The first kappa shape index (κ1) is 16.7. The zero-order valence-corrected chi connectivity index (χ0v) is 13.2. The fourth-order valence-electron chi connectivity index (χ4n) is 2.52. The van der Waals surface area contributed by atoms with Gasteiger partial charge in [-0.05, 0) is 17.7 Å². The van der Waals surface area contributed by atoms with Gasteiger partial charge in [0.05, 0.1) is 11.0 Å². The monoisotopic (exact) mass is 312 g/mol. The van der Waals surface area contributed by atoms with Crippen LogP contribution in [0.4, 0.5) is 11.4 Å². The lowest BCUT2D eigenvalue weighted by molar-refractivity contribution is -0.384. The van der Waals surface area contributed by atoms with Crippen LogP contribution in [0.2, 0.25) is 0 Å². The summed E-state index contributed by atoms with van der Waals surface area (Å²) >= 11 is 0. The van der Waals surface area contributed by atoms with E-state index in [1.165, 1.54) is 12.1 Å². The molecule has 2 atom stereocenters. The van der Waals surface area contributed by atoms with Crippen LogP contribution in [0.3, 0.4) is 0 Å². The third-order valence-corrected chi connectivity index (χ3v) is 3.92. The molecule has 1 N–H and O–H groups in total. The number of nitro benzene ring substituents is 1. The summed E-state index contributed by atoms with van der Waals surface area (Å²) in [4.78, 5) is 22.5. The molecule has 0 saturated heterocycles. The molecule has 5 nitrogen and oxygen atoms in total. The molecule has 0 aliphatic rings. The van der Waals surface area contributed by atoms with E-state index in [-0.39, 0.29) is 23.4 Å². The van der Waals surface area contributed by atoms with E-state index in [9.17, 15) is 14.9 Å². The van der Waals surface area contributed by atoms with Crippen molar-refractivity contribution >= 4 is 17.2 Å². The van der Waals surface area contributed by atoms with E-state index in [0.717, 1.165) is 11.3 Å². The van der Waals surface area contributed by atoms with E-state index in [2.05, 4.69) is 5.32 Å². The minimum Gasteiger partial charge on any atom is -0.378 e. The van der Waals surface area contributed by atoms with Crippen LogP contribution in [-0.2, 0) is 4.79 Å². The number of rotatable bonds is 7. The minimum absolute atomic E-state index is 0.0432. The fourth-order valence-corrected chi connectivity index (χ4v) is 2.52. The summed E-state index contributed by atoms with van der Waals surface area (Å²) in [6.45, 7) is 3.72. The first-order valence-electron chi connectivity index (χ1n) is 7.61. The van der Waals surface area contributed by atoms with Crippen molar-refractivity contribution in [1.29, 1.82) is 0 Å². The number of nitrogens with one attached hydrogen (secondary N) is 1. The van der Waals surface area contributed by atoms with Crippen LogP contribution in [0.5, 0.6) is 0 Å². The number of hydrogen-bond donors (Lipinski definition) is 1. The average molecular weight is 312 g/mol. The summed E-state index contributed by atoms with van der Waals surface area (Å²) in [6.07, 6.45) is 0.459. The number of ketones is 1. The first-order chi connectivity index (χ1) is 11.0. The molecule has 0 aliphatic heterocycles. The molecule has 0 aliphatic carbocycles. The van der Waals surface area contributed by atoms with E-state index in [1.807, 2.05) is 44.2 Å². The lowest BCUT2D eigenvalue weighted by Gasteiger charge is -2.25. The van der Waals surface area contributed by atoms with E-state index < -0.39 is 4.92 Å². The lowest BCUT2D eigenvalue weighted by Crippen LogP contribution is -2.25. The summed E-state index contributed by atoms with van der Waals surface area (Å²) in [6, 6.07) is 15.7. The van der Waals surface area contributed by atoms with Gasteiger partial charge in [-0.2, -0.15) is 0 Å². The fraction of sp³-hybridized carbons (Fsp3) is 0.278. The summed E-state index contributed by atoms with van der Waals surface area (Å²) in [7, 11) is 0. The van der Waals surface area contributed by atoms with Crippen LogP contribution >= 0.6 is 0 Å². The minimum atomic E-state index is -0.427. The second-order valence-electron chi connectivity index (χ2n) is 5.45. The number of anilines is 1. The van der Waals surface area contributed by atoms with Gasteiger partial charge in [-0.25, -0.2) is 0 Å². The SMILES string of the molecule is CCC(=O)[C@H](C)[C@@H](Nc1ccccc1)c1ccc([N+](=O)[O-])cc1. The Kier molecular flexibility index (Phi) is 5.46. The van der Waals surface area contributed by atoms with Crippen LogP contribution in [0.15, 0.2) is 54.6 Å². The second-order valence-corrected chi connectivity index (χ2v) is 5.45. The highest BCUT2D eigenvalue weighted by Gasteiger charge is 2.24. The molecule has 2 aromatic carbocycles. The van der Waals surface area contributed by atoms with Crippen molar-refractivity contribution < 1.29 is 9.72 Å². The Balaban J connectivity index is 2.32. The highest BCUT2D eigenvalue weighted by Crippen LogP contribution is 2.29. The van der Waals surface area contributed by atoms with Crippen molar-refractivity contribution in [3.63, 3.8) is 0 Å². The largest absolute Gasteiger partial charge is 0.378 e. The van der Waals surface area contributed by atoms with Gasteiger partial charge in [0, 0.05) is 30.2 Å². The molecule has 0 bridgehead atoms. The van der Waals surface area contributed by atoms with Gasteiger partial charge in [0.1, 0.15) is 5.78 Å². The second kappa shape index (κ2) is 7.54. The Labute approximate surface area is 135 Å². The van der Waals surface area contributed by atoms with Gasteiger partial charge >= 0.3 is 0 Å². The van der Waals surface area contributed by atoms with E-state index in [0.29, 0.717) is 6.42 Å². The molecular weight excluding hydrogens is 292 g/mol. The van der Waals surface area contributed by atoms with E-state index in [4.69, 9.17) is 0 Å². The van der Waals surface area contributed by atoms with Gasteiger partial charge < -0.3 is 5.32 Å². The number of non-ortho nitro benzene ring substituents is 1. The molecule has 2 aromatic rings. The third kappa shape index (κ3) is 4.16. The van der Waals surface area contributed by atoms with Crippen molar-refractivity contribution in [2.24, 2.45) is 5.92 Å². The Bertz CT molecular complexity index is 668. The van der Waals surface area contributed by atoms with Gasteiger partial charge in [0.25, 0.3) is 5.69 Å². The molecule has 0 radical (unpaired) electrons. The Morgan fingerprint density at radius 3 is 2.26 bits per heavy atom. The van der Waals surface area contributed by atoms with Crippen molar-refractivity contribution in [2.75, 3.05) is 5.32 Å². The molecule has 0 saturated carbocycles.